The summed E-state index contributed by atoms with van der Waals surface area (Å²) in [5.74, 6) is -0.115. The Labute approximate surface area is 113 Å². The molecule has 0 radical (unpaired) electrons. The quantitative estimate of drug-likeness (QED) is 0.778. The van der Waals surface area contributed by atoms with Crippen LogP contribution < -0.4 is 4.90 Å². The highest BCUT2D eigenvalue weighted by Crippen LogP contribution is 2.42. The predicted octanol–water partition coefficient (Wildman–Crippen LogP) is 1.84. The van der Waals surface area contributed by atoms with E-state index in [1.807, 2.05) is 25.1 Å². The number of hydrogen-bond acceptors (Lipinski definition) is 4. The molecule has 19 heavy (non-hydrogen) atoms. The molecule has 0 bridgehead atoms. The van der Waals surface area contributed by atoms with E-state index in [-0.39, 0.29) is 17.4 Å². The van der Waals surface area contributed by atoms with Gasteiger partial charge in [-0.1, -0.05) is 18.2 Å². The zero-order valence-corrected chi connectivity index (χ0v) is 11.2. The Morgan fingerprint density at radius 2 is 2.16 bits per heavy atom. The highest BCUT2D eigenvalue weighted by atomic mass is 16.5. The third-order valence-electron chi connectivity index (χ3n) is 4.03. The Hall–Kier alpha value is -1.55. The van der Waals surface area contributed by atoms with Gasteiger partial charge in [-0.25, -0.2) is 0 Å². The Morgan fingerprint density at radius 1 is 1.42 bits per heavy atom. The van der Waals surface area contributed by atoms with Gasteiger partial charge in [-0.05, 0) is 25.5 Å². The van der Waals surface area contributed by atoms with Gasteiger partial charge in [0.2, 0.25) is 0 Å². The van der Waals surface area contributed by atoms with Crippen molar-refractivity contribution in [2.75, 3.05) is 31.3 Å². The summed E-state index contributed by atoms with van der Waals surface area (Å²) in [4.78, 5) is 14.3. The average molecular weight is 261 g/mol. The molecule has 2 saturated heterocycles. The minimum absolute atomic E-state index is 0.00121. The Kier molecular flexibility index (Phi) is 3.19. The monoisotopic (exact) mass is 261 g/mol. The summed E-state index contributed by atoms with van der Waals surface area (Å²) in [6, 6.07) is 10.2. The summed E-state index contributed by atoms with van der Waals surface area (Å²) >= 11 is 0. The molecule has 2 fully saturated rings. The van der Waals surface area contributed by atoms with Gasteiger partial charge < -0.3 is 14.4 Å². The fourth-order valence-electron chi connectivity index (χ4n) is 3.06. The van der Waals surface area contributed by atoms with Crippen molar-refractivity contribution >= 4 is 11.7 Å². The van der Waals surface area contributed by atoms with Crippen LogP contribution in [0, 0.1) is 5.92 Å². The van der Waals surface area contributed by atoms with Crippen LogP contribution in [0.2, 0.25) is 0 Å². The first-order chi connectivity index (χ1) is 9.25. The summed E-state index contributed by atoms with van der Waals surface area (Å²) in [6.45, 7) is 4.44. The lowest BCUT2D eigenvalue weighted by atomic mass is 9.90. The second-order valence-electron chi connectivity index (χ2n) is 5.32. The van der Waals surface area contributed by atoms with Gasteiger partial charge in [-0.15, -0.1) is 0 Å². The molecule has 1 aromatic rings. The first-order valence-electron chi connectivity index (χ1n) is 6.82. The number of rotatable bonds is 3. The molecule has 0 saturated carbocycles. The summed E-state index contributed by atoms with van der Waals surface area (Å²) in [5, 5.41) is 0. The summed E-state index contributed by atoms with van der Waals surface area (Å²) in [6.07, 6.45) is 0.834. The Balaban J connectivity index is 1.81. The number of para-hydroxylation sites is 1. The maximum absolute atomic E-state index is 12.0. The lowest BCUT2D eigenvalue weighted by Gasteiger charge is -2.46. The maximum atomic E-state index is 12.0. The maximum Gasteiger partial charge on any atom is 0.310 e. The molecule has 2 aliphatic rings. The van der Waals surface area contributed by atoms with Gasteiger partial charge in [0, 0.05) is 12.2 Å². The number of nitrogens with zero attached hydrogens (tertiary/aromatic N) is 1. The molecule has 1 aromatic carbocycles. The van der Waals surface area contributed by atoms with Crippen molar-refractivity contribution in [2.24, 2.45) is 5.92 Å². The van der Waals surface area contributed by atoms with Crippen LogP contribution in [0.3, 0.4) is 0 Å². The van der Waals surface area contributed by atoms with E-state index in [1.165, 1.54) is 0 Å². The van der Waals surface area contributed by atoms with Crippen molar-refractivity contribution in [3.63, 3.8) is 0 Å². The zero-order valence-electron chi connectivity index (χ0n) is 11.2. The summed E-state index contributed by atoms with van der Waals surface area (Å²) in [5.41, 5.74) is 1.16. The van der Waals surface area contributed by atoms with Crippen molar-refractivity contribution < 1.29 is 14.3 Å². The SMILES string of the molecule is CCOC(=O)C1CN(c2ccccc2)C2(COC2)C1. The van der Waals surface area contributed by atoms with E-state index in [9.17, 15) is 4.79 Å². The van der Waals surface area contributed by atoms with Crippen LogP contribution in [-0.2, 0) is 14.3 Å². The Bertz CT molecular complexity index is 456. The van der Waals surface area contributed by atoms with Crippen LogP contribution in [-0.4, -0.2) is 37.9 Å². The van der Waals surface area contributed by atoms with E-state index in [1.54, 1.807) is 0 Å². The second kappa shape index (κ2) is 4.85. The van der Waals surface area contributed by atoms with E-state index in [0.717, 1.165) is 18.7 Å². The molecule has 1 atom stereocenters. The van der Waals surface area contributed by atoms with Gasteiger partial charge in [0.25, 0.3) is 0 Å². The number of ether oxygens (including phenoxy) is 2. The molecule has 0 aromatic heterocycles. The van der Waals surface area contributed by atoms with Crippen molar-refractivity contribution in [1.29, 1.82) is 0 Å². The molecule has 2 aliphatic heterocycles. The van der Waals surface area contributed by atoms with E-state index < -0.39 is 0 Å². The molecule has 1 unspecified atom stereocenters. The fraction of sp³-hybridized carbons (Fsp3) is 0.533. The van der Waals surface area contributed by atoms with Gasteiger partial charge in [0.05, 0.1) is 31.3 Å². The van der Waals surface area contributed by atoms with Crippen LogP contribution in [0.1, 0.15) is 13.3 Å². The van der Waals surface area contributed by atoms with E-state index in [0.29, 0.717) is 19.8 Å². The smallest absolute Gasteiger partial charge is 0.310 e. The zero-order chi connectivity index (χ0) is 13.3. The normalized spacial score (nSPS) is 24.3. The largest absolute Gasteiger partial charge is 0.466 e. The van der Waals surface area contributed by atoms with E-state index in [4.69, 9.17) is 9.47 Å². The van der Waals surface area contributed by atoms with Crippen LogP contribution >= 0.6 is 0 Å². The first kappa shape index (κ1) is 12.5. The second-order valence-corrected chi connectivity index (χ2v) is 5.32. The standard InChI is InChI=1S/C15H19NO3/c1-2-19-14(17)12-8-15(10-18-11-15)16(9-12)13-6-4-3-5-7-13/h3-7,12H,2,8-11H2,1H3. The van der Waals surface area contributed by atoms with Crippen LogP contribution in [0.4, 0.5) is 5.69 Å². The fourth-order valence-corrected chi connectivity index (χ4v) is 3.06. The molecule has 3 rings (SSSR count). The minimum atomic E-state index is -0.0767. The highest BCUT2D eigenvalue weighted by Gasteiger charge is 2.53. The summed E-state index contributed by atoms with van der Waals surface area (Å²) in [7, 11) is 0. The third-order valence-corrected chi connectivity index (χ3v) is 4.03. The summed E-state index contributed by atoms with van der Waals surface area (Å²) < 4.78 is 10.6. The topological polar surface area (TPSA) is 38.8 Å². The van der Waals surface area contributed by atoms with Gasteiger partial charge in [0.15, 0.2) is 0 Å². The Morgan fingerprint density at radius 3 is 2.74 bits per heavy atom. The third kappa shape index (κ3) is 2.10. The van der Waals surface area contributed by atoms with Crippen molar-refractivity contribution in [1.82, 2.24) is 0 Å². The molecular formula is C15H19NO3. The lowest BCUT2D eigenvalue weighted by Crippen LogP contribution is -2.59. The van der Waals surface area contributed by atoms with Crippen molar-refractivity contribution in [2.45, 2.75) is 18.9 Å². The molecule has 2 heterocycles. The molecule has 4 nitrogen and oxygen atoms in total. The molecule has 0 N–H and O–H groups in total. The molecule has 0 amide bonds. The van der Waals surface area contributed by atoms with Gasteiger partial charge in [-0.3, -0.25) is 4.79 Å². The average Bonchev–Trinajstić information content (AvgIpc) is 2.81. The van der Waals surface area contributed by atoms with Crippen molar-refractivity contribution in [3.05, 3.63) is 30.3 Å². The van der Waals surface area contributed by atoms with E-state index in [2.05, 4.69) is 17.0 Å². The van der Waals surface area contributed by atoms with Gasteiger partial charge >= 0.3 is 5.97 Å². The molecule has 1 spiro atoms. The highest BCUT2D eigenvalue weighted by molar-refractivity contribution is 5.75. The molecule has 0 aliphatic carbocycles. The number of benzene rings is 1. The van der Waals surface area contributed by atoms with Crippen molar-refractivity contribution in [3.8, 4) is 0 Å². The number of anilines is 1. The number of carbonyl (C=O) groups excluding carboxylic acids is 1. The molecular weight excluding hydrogens is 242 g/mol. The van der Waals surface area contributed by atoms with Crippen LogP contribution in [0.25, 0.3) is 0 Å². The molecule has 4 heteroatoms. The van der Waals surface area contributed by atoms with E-state index >= 15 is 0 Å². The predicted molar refractivity (Wildman–Crippen MR) is 72.1 cm³/mol. The van der Waals surface area contributed by atoms with Crippen LogP contribution in [0.5, 0.6) is 0 Å². The number of carbonyl (C=O) groups is 1. The van der Waals surface area contributed by atoms with Crippen LogP contribution in [0.15, 0.2) is 30.3 Å². The molecule has 102 valence electrons. The van der Waals surface area contributed by atoms with Gasteiger partial charge in [-0.2, -0.15) is 0 Å². The lowest BCUT2D eigenvalue weighted by molar-refractivity contribution is -0.148. The van der Waals surface area contributed by atoms with Gasteiger partial charge in [0.1, 0.15) is 0 Å². The number of hydrogen-bond donors (Lipinski definition) is 0. The minimum Gasteiger partial charge on any atom is -0.466 e. The number of esters is 1. The first-order valence-corrected chi connectivity index (χ1v) is 6.82.